The quantitative estimate of drug-likeness (QED) is 0.768. The molecule has 0 bridgehead atoms. The van der Waals surface area contributed by atoms with Crippen molar-refractivity contribution < 1.29 is 14.9 Å². The Bertz CT molecular complexity index is 773. The topological polar surface area (TPSA) is 66.0 Å². The Hall–Kier alpha value is -2.18. The fraction of sp³-hybridized carbons (Fsp3) is 0.429. The van der Waals surface area contributed by atoms with E-state index in [4.69, 9.17) is 0 Å². The van der Waals surface area contributed by atoms with Crippen molar-refractivity contribution in [2.75, 3.05) is 13.1 Å². The van der Waals surface area contributed by atoms with E-state index < -0.39 is 0 Å². The molecule has 2 heterocycles. The Balaban J connectivity index is 1.80. The molecule has 0 spiro atoms. The molecule has 1 aliphatic rings. The van der Waals surface area contributed by atoms with E-state index in [9.17, 15) is 9.59 Å². The number of nitrogens with zero attached hydrogens (tertiary/aromatic N) is 1. The summed E-state index contributed by atoms with van der Waals surface area (Å²) in [4.78, 5) is 27.1. The summed E-state index contributed by atoms with van der Waals surface area (Å²) in [5, 5.41) is 6.82. The second kappa shape index (κ2) is 8.67. The molecule has 0 radical (unpaired) electrons. The van der Waals surface area contributed by atoms with Crippen LogP contribution in [0, 0.1) is 0 Å². The lowest BCUT2D eigenvalue weighted by atomic mass is 9.95. The second-order valence-corrected chi connectivity index (χ2v) is 8.15. The Kier molecular flexibility index (Phi) is 6.29. The number of quaternary nitrogens is 1. The van der Waals surface area contributed by atoms with Gasteiger partial charge in [0.2, 0.25) is 0 Å². The standard InChI is InChI=1S/C21H27N3O2S/c1-4-14(2)16-7-9-17(10-8-16)19(18-6-5-13-27-18)23-15(3)20(25)24-12-11-22-21(24)26/h5-10,13-15,19,23H,4,11-12H2,1-3H3,(H,22,26)/p+1/t14-,15-,19-/m0/s1. The van der Waals surface area contributed by atoms with Crippen LogP contribution in [0.25, 0.3) is 0 Å². The van der Waals surface area contributed by atoms with Crippen LogP contribution in [0.3, 0.4) is 0 Å². The van der Waals surface area contributed by atoms with Gasteiger partial charge in [-0.1, -0.05) is 44.2 Å². The largest absolute Gasteiger partial charge is 0.336 e. The van der Waals surface area contributed by atoms with Gasteiger partial charge in [0.15, 0.2) is 6.04 Å². The normalized spacial score (nSPS) is 17.4. The van der Waals surface area contributed by atoms with Gasteiger partial charge in [0.05, 0.1) is 4.88 Å². The van der Waals surface area contributed by atoms with Crippen LogP contribution in [0.1, 0.15) is 55.2 Å². The fourth-order valence-electron chi connectivity index (χ4n) is 3.40. The van der Waals surface area contributed by atoms with Crippen molar-refractivity contribution in [3.63, 3.8) is 0 Å². The molecular weight excluding hydrogens is 358 g/mol. The minimum Gasteiger partial charge on any atom is -0.336 e. The van der Waals surface area contributed by atoms with Gasteiger partial charge in [0.1, 0.15) is 6.04 Å². The van der Waals surface area contributed by atoms with Crippen molar-refractivity contribution in [3.05, 3.63) is 57.8 Å². The van der Waals surface area contributed by atoms with Gasteiger partial charge < -0.3 is 10.6 Å². The van der Waals surface area contributed by atoms with Crippen molar-refractivity contribution in [2.24, 2.45) is 0 Å². The molecular formula is C21H28N3O2S+. The molecule has 0 aliphatic carbocycles. The zero-order valence-corrected chi connectivity index (χ0v) is 17.0. The van der Waals surface area contributed by atoms with Crippen LogP contribution < -0.4 is 10.6 Å². The average molecular weight is 387 g/mol. The maximum absolute atomic E-state index is 12.7. The van der Waals surface area contributed by atoms with E-state index in [0.29, 0.717) is 19.0 Å². The van der Waals surface area contributed by atoms with Crippen LogP contribution in [0.15, 0.2) is 41.8 Å². The maximum Gasteiger partial charge on any atom is 0.324 e. The molecule has 3 rings (SSSR count). The molecule has 3 N–H and O–H groups in total. The first-order valence-corrected chi connectivity index (χ1v) is 10.5. The Morgan fingerprint density at radius 1 is 1.22 bits per heavy atom. The van der Waals surface area contributed by atoms with Crippen molar-refractivity contribution in [3.8, 4) is 0 Å². The lowest BCUT2D eigenvalue weighted by Gasteiger charge is -2.22. The first kappa shape index (κ1) is 19.6. The van der Waals surface area contributed by atoms with Gasteiger partial charge in [-0.2, -0.15) is 0 Å². The van der Waals surface area contributed by atoms with E-state index in [1.807, 2.05) is 13.0 Å². The number of nitrogens with one attached hydrogen (secondary N) is 1. The summed E-state index contributed by atoms with van der Waals surface area (Å²) >= 11 is 1.69. The molecule has 27 heavy (non-hydrogen) atoms. The highest BCUT2D eigenvalue weighted by molar-refractivity contribution is 7.10. The second-order valence-electron chi connectivity index (χ2n) is 7.17. The molecule has 1 fully saturated rings. The Morgan fingerprint density at radius 3 is 2.48 bits per heavy atom. The first-order valence-electron chi connectivity index (χ1n) is 9.58. The highest BCUT2D eigenvalue weighted by Crippen LogP contribution is 2.25. The third-order valence-corrected chi connectivity index (χ3v) is 6.28. The van der Waals surface area contributed by atoms with E-state index in [2.05, 4.69) is 60.2 Å². The van der Waals surface area contributed by atoms with Gasteiger partial charge in [-0.3, -0.25) is 9.69 Å². The maximum atomic E-state index is 12.7. The number of thiophene rings is 1. The number of rotatable bonds is 7. The summed E-state index contributed by atoms with van der Waals surface area (Å²) in [5.41, 5.74) is 2.51. The Morgan fingerprint density at radius 2 is 1.93 bits per heavy atom. The van der Waals surface area contributed by atoms with Gasteiger partial charge in [0.25, 0.3) is 5.91 Å². The number of urea groups is 1. The van der Waals surface area contributed by atoms with Crippen LogP contribution in [0.2, 0.25) is 0 Å². The van der Waals surface area contributed by atoms with Gasteiger partial charge in [-0.25, -0.2) is 4.79 Å². The van der Waals surface area contributed by atoms with Gasteiger partial charge in [-0.15, -0.1) is 11.3 Å². The van der Waals surface area contributed by atoms with Crippen LogP contribution in [0.4, 0.5) is 4.79 Å². The summed E-state index contributed by atoms with van der Waals surface area (Å²) in [5.74, 6) is 0.403. The van der Waals surface area contributed by atoms with Crippen LogP contribution in [-0.4, -0.2) is 36.0 Å². The molecule has 3 amide bonds. The molecule has 0 saturated carbocycles. The molecule has 1 aromatic carbocycles. The summed E-state index contributed by atoms with van der Waals surface area (Å²) < 4.78 is 0. The van der Waals surface area contributed by atoms with E-state index in [-0.39, 0.29) is 24.0 Å². The predicted octanol–water partition coefficient (Wildman–Crippen LogP) is 2.85. The SMILES string of the molecule is CC[C@H](C)c1ccc([C@H]([NH2+][C@@H](C)C(=O)N2CCNC2=O)c2cccs2)cc1. The van der Waals surface area contributed by atoms with Crippen molar-refractivity contribution in [1.29, 1.82) is 0 Å². The van der Waals surface area contributed by atoms with E-state index in [1.54, 1.807) is 11.3 Å². The fourth-order valence-corrected chi connectivity index (χ4v) is 4.24. The number of carbonyl (C=O) groups excluding carboxylic acids is 2. The molecule has 2 aromatic rings. The number of hydrogen-bond acceptors (Lipinski definition) is 3. The molecule has 6 heteroatoms. The number of amides is 3. The van der Waals surface area contributed by atoms with Gasteiger partial charge >= 0.3 is 6.03 Å². The molecule has 3 atom stereocenters. The summed E-state index contributed by atoms with van der Waals surface area (Å²) in [6.45, 7) is 7.29. The lowest BCUT2D eigenvalue weighted by molar-refractivity contribution is -0.704. The Labute approximate surface area is 164 Å². The van der Waals surface area contributed by atoms with E-state index in [0.717, 1.165) is 6.42 Å². The molecule has 144 valence electrons. The van der Waals surface area contributed by atoms with Gasteiger partial charge in [-0.05, 0) is 36.3 Å². The number of carbonyl (C=O) groups is 2. The summed E-state index contributed by atoms with van der Waals surface area (Å²) in [7, 11) is 0. The number of nitrogens with two attached hydrogens (primary N) is 1. The minimum absolute atomic E-state index is 0.0422. The average Bonchev–Trinajstić information content (AvgIpc) is 3.36. The third-order valence-electron chi connectivity index (χ3n) is 5.32. The first-order chi connectivity index (χ1) is 13.0. The molecule has 5 nitrogen and oxygen atoms in total. The van der Waals surface area contributed by atoms with Crippen LogP contribution >= 0.6 is 11.3 Å². The zero-order chi connectivity index (χ0) is 19.4. The molecule has 1 aliphatic heterocycles. The monoisotopic (exact) mass is 386 g/mol. The smallest absolute Gasteiger partial charge is 0.324 e. The van der Waals surface area contributed by atoms with Crippen molar-refractivity contribution in [1.82, 2.24) is 10.2 Å². The summed E-state index contributed by atoms with van der Waals surface area (Å²) in [6.07, 6.45) is 1.11. The highest BCUT2D eigenvalue weighted by Gasteiger charge is 2.34. The van der Waals surface area contributed by atoms with Gasteiger partial charge in [0, 0.05) is 18.7 Å². The van der Waals surface area contributed by atoms with Crippen molar-refractivity contribution >= 4 is 23.3 Å². The third kappa shape index (κ3) is 4.39. The molecule has 1 aromatic heterocycles. The molecule has 0 unspecified atom stereocenters. The van der Waals surface area contributed by atoms with E-state index in [1.165, 1.54) is 20.9 Å². The highest BCUT2D eigenvalue weighted by atomic mass is 32.1. The lowest BCUT2D eigenvalue weighted by Crippen LogP contribution is -2.92. The number of hydrogen-bond donors (Lipinski definition) is 2. The van der Waals surface area contributed by atoms with Crippen LogP contribution in [-0.2, 0) is 4.79 Å². The number of benzene rings is 1. The minimum atomic E-state index is -0.338. The molecule has 1 saturated heterocycles. The summed E-state index contributed by atoms with van der Waals surface area (Å²) in [6, 6.07) is 12.3. The predicted molar refractivity (Wildman–Crippen MR) is 108 cm³/mol. The van der Waals surface area contributed by atoms with Crippen LogP contribution in [0.5, 0.6) is 0 Å². The van der Waals surface area contributed by atoms with E-state index >= 15 is 0 Å². The van der Waals surface area contributed by atoms with Crippen molar-refractivity contribution in [2.45, 2.75) is 45.2 Å². The zero-order valence-electron chi connectivity index (χ0n) is 16.1. The number of imide groups is 1.